The Morgan fingerprint density at radius 1 is 1.41 bits per heavy atom. The zero-order chi connectivity index (χ0) is 16.2. The lowest BCUT2D eigenvalue weighted by molar-refractivity contribution is -0.00293. The Labute approximate surface area is 136 Å². The predicted molar refractivity (Wildman–Crippen MR) is 87.1 cm³/mol. The summed E-state index contributed by atoms with van der Waals surface area (Å²) in [6.45, 7) is 3.05. The van der Waals surface area contributed by atoms with Crippen LogP contribution in [0.2, 0.25) is 0 Å². The predicted octanol–water partition coefficient (Wildman–Crippen LogP) is 2.48. The highest BCUT2D eigenvalue weighted by Crippen LogP contribution is 2.26. The second-order valence-corrected chi connectivity index (χ2v) is 8.71. The smallest absolute Gasteiger partial charge is 0.262 e. The van der Waals surface area contributed by atoms with Gasteiger partial charge >= 0.3 is 0 Å². The molecule has 0 unspecified atom stereocenters. The highest BCUT2D eigenvalue weighted by Gasteiger charge is 2.22. The highest BCUT2D eigenvalue weighted by molar-refractivity contribution is 7.91. The fourth-order valence-electron chi connectivity index (χ4n) is 2.74. The molecule has 0 spiro atoms. The van der Waals surface area contributed by atoms with E-state index in [2.05, 4.69) is 12.2 Å². The van der Waals surface area contributed by atoms with Crippen molar-refractivity contribution in [2.24, 2.45) is 5.92 Å². The maximum atomic E-state index is 12.1. The minimum absolute atomic E-state index is 0.0943. The van der Waals surface area contributed by atoms with E-state index in [0.29, 0.717) is 19.1 Å². The zero-order valence-electron chi connectivity index (χ0n) is 13.0. The summed E-state index contributed by atoms with van der Waals surface area (Å²) in [6.07, 6.45) is 6.14. The number of sulfone groups is 1. The van der Waals surface area contributed by atoms with Crippen LogP contribution in [-0.4, -0.2) is 39.8 Å². The van der Waals surface area contributed by atoms with Crippen LogP contribution in [0.3, 0.4) is 0 Å². The fourth-order valence-corrected chi connectivity index (χ4v) is 4.87. The van der Waals surface area contributed by atoms with Gasteiger partial charge in [0.05, 0.1) is 17.6 Å². The average molecular weight is 345 g/mol. The Morgan fingerprint density at radius 2 is 2.14 bits per heavy atom. The van der Waals surface area contributed by atoms with E-state index in [-0.39, 0.29) is 21.8 Å². The molecule has 1 aliphatic rings. The van der Waals surface area contributed by atoms with Crippen LogP contribution < -0.4 is 5.32 Å². The molecule has 1 heterocycles. The first-order chi connectivity index (χ1) is 10.4. The van der Waals surface area contributed by atoms with Gasteiger partial charge in [0, 0.05) is 12.8 Å². The SMILES string of the molecule is C[C@@H]1CCCC[C@@H]1OCCNC(=O)c1sccc1S(C)(=O)=O. The van der Waals surface area contributed by atoms with E-state index in [1.165, 1.54) is 25.3 Å². The van der Waals surface area contributed by atoms with Crippen LogP contribution >= 0.6 is 11.3 Å². The van der Waals surface area contributed by atoms with Gasteiger partial charge in [-0.2, -0.15) is 0 Å². The first-order valence-corrected chi connectivity index (χ1v) is 10.3. The van der Waals surface area contributed by atoms with Crippen LogP contribution in [-0.2, 0) is 14.6 Å². The van der Waals surface area contributed by atoms with Gasteiger partial charge in [0.1, 0.15) is 4.88 Å². The van der Waals surface area contributed by atoms with Crippen LogP contribution in [0.1, 0.15) is 42.3 Å². The third-order valence-electron chi connectivity index (χ3n) is 3.99. The summed E-state index contributed by atoms with van der Waals surface area (Å²) < 4.78 is 29.0. The van der Waals surface area contributed by atoms with Crippen molar-refractivity contribution in [3.63, 3.8) is 0 Å². The quantitative estimate of drug-likeness (QED) is 0.804. The Balaban J connectivity index is 1.80. The van der Waals surface area contributed by atoms with Crippen LogP contribution in [0, 0.1) is 5.92 Å². The molecule has 0 saturated heterocycles. The Hall–Kier alpha value is -0.920. The number of ether oxygens (including phenoxy) is 1. The summed E-state index contributed by atoms with van der Waals surface area (Å²) in [6, 6.07) is 1.47. The van der Waals surface area contributed by atoms with Gasteiger partial charge in [0.15, 0.2) is 9.84 Å². The lowest BCUT2D eigenvalue weighted by Gasteiger charge is -2.28. The van der Waals surface area contributed by atoms with Crippen LogP contribution in [0.15, 0.2) is 16.3 Å². The molecule has 0 radical (unpaired) electrons. The molecule has 1 aromatic rings. The molecule has 1 aliphatic carbocycles. The summed E-state index contributed by atoms with van der Waals surface area (Å²) in [5, 5.41) is 4.35. The zero-order valence-corrected chi connectivity index (χ0v) is 14.6. The maximum Gasteiger partial charge on any atom is 0.262 e. The first kappa shape index (κ1) is 17.4. The van der Waals surface area contributed by atoms with Crippen molar-refractivity contribution < 1.29 is 17.9 Å². The van der Waals surface area contributed by atoms with E-state index < -0.39 is 9.84 Å². The fraction of sp³-hybridized carbons (Fsp3) is 0.667. The number of thiophene rings is 1. The van der Waals surface area contributed by atoms with E-state index >= 15 is 0 Å². The molecule has 1 fully saturated rings. The summed E-state index contributed by atoms with van der Waals surface area (Å²) in [5.41, 5.74) is 0. The second-order valence-electron chi connectivity index (χ2n) is 5.81. The van der Waals surface area contributed by atoms with Crippen LogP contribution in [0.25, 0.3) is 0 Å². The molecule has 124 valence electrons. The van der Waals surface area contributed by atoms with E-state index in [1.54, 1.807) is 5.38 Å². The van der Waals surface area contributed by atoms with Crippen molar-refractivity contribution in [1.29, 1.82) is 0 Å². The third kappa shape index (κ3) is 4.54. The molecule has 0 aromatic carbocycles. The van der Waals surface area contributed by atoms with Crippen LogP contribution in [0.5, 0.6) is 0 Å². The van der Waals surface area contributed by atoms with Gasteiger partial charge in [0.25, 0.3) is 5.91 Å². The van der Waals surface area contributed by atoms with Gasteiger partial charge in [-0.25, -0.2) is 8.42 Å². The number of carbonyl (C=O) groups excluding carboxylic acids is 1. The molecule has 1 aromatic heterocycles. The number of rotatable bonds is 6. The van der Waals surface area contributed by atoms with Gasteiger partial charge in [-0.05, 0) is 30.2 Å². The van der Waals surface area contributed by atoms with Crippen molar-refractivity contribution in [3.8, 4) is 0 Å². The standard InChI is InChI=1S/C15H23NO4S2/c1-11-5-3-4-6-12(11)20-9-8-16-15(17)14-13(7-10-21-14)22(2,18)19/h7,10-12H,3-6,8-9H2,1-2H3,(H,16,17)/t11-,12+/m1/s1. The Kier molecular flexibility index (Phi) is 6.00. The Bertz CT molecular complexity index is 609. The lowest BCUT2D eigenvalue weighted by Crippen LogP contribution is -2.32. The van der Waals surface area contributed by atoms with Crippen LogP contribution in [0.4, 0.5) is 0 Å². The van der Waals surface area contributed by atoms with E-state index in [1.807, 2.05) is 0 Å². The van der Waals surface area contributed by atoms with Crippen molar-refractivity contribution in [3.05, 3.63) is 16.3 Å². The van der Waals surface area contributed by atoms with E-state index in [9.17, 15) is 13.2 Å². The summed E-state index contributed by atoms with van der Waals surface area (Å²) in [4.78, 5) is 12.4. The lowest BCUT2D eigenvalue weighted by atomic mass is 9.88. The third-order valence-corrected chi connectivity index (χ3v) is 6.17. The van der Waals surface area contributed by atoms with Crippen molar-refractivity contribution in [1.82, 2.24) is 5.32 Å². The molecule has 2 rings (SSSR count). The molecule has 0 bridgehead atoms. The minimum Gasteiger partial charge on any atom is -0.376 e. The Morgan fingerprint density at radius 3 is 2.82 bits per heavy atom. The van der Waals surface area contributed by atoms with Crippen molar-refractivity contribution in [2.75, 3.05) is 19.4 Å². The highest BCUT2D eigenvalue weighted by atomic mass is 32.2. The first-order valence-electron chi connectivity index (χ1n) is 7.57. The molecular formula is C15H23NO4S2. The van der Waals surface area contributed by atoms with Gasteiger partial charge in [-0.1, -0.05) is 19.8 Å². The monoisotopic (exact) mass is 345 g/mol. The summed E-state index contributed by atoms with van der Waals surface area (Å²) in [5.74, 6) is 0.217. The van der Waals surface area contributed by atoms with Gasteiger partial charge in [-0.15, -0.1) is 11.3 Å². The largest absolute Gasteiger partial charge is 0.376 e. The van der Waals surface area contributed by atoms with Gasteiger partial charge in [0.2, 0.25) is 0 Å². The molecule has 1 saturated carbocycles. The molecule has 0 aliphatic heterocycles. The number of carbonyl (C=O) groups is 1. The molecule has 22 heavy (non-hydrogen) atoms. The maximum absolute atomic E-state index is 12.1. The molecule has 7 heteroatoms. The normalized spacial score (nSPS) is 22.5. The molecule has 1 amide bonds. The molecule has 5 nitrogen and oxygen atoms in total. The van der Waals surface area contributed by atoms with Gasteiger partial charge < -0.3 is 10.1 Å². The molecule has 2 atom stereocenters. The number of hydrogen-bond acceptors (Lipinski definition) is 5. The van der Waals surface area contributed by atoms with Crippen molar-refractivity contribution in [2.45, 2.75) is 43.6 Å². The van der Waals surface area contributed by atoms with E-state index in [4.69, 9.17) is 4.74 Å². The average Bonchev–Trinajstić information content (AvgIpc) is 2.94. The van der Waals surface area contributed by atoms with Gasteiger partial charge in [-0.3, -0.25) is 4.79 Å². The number of amides is 1. The topological polar surface area (TPSA) is 72.5 Å². The number of hydrogen-bond donors (Lipinski definition) is 1. The minimum atomic E-state index is -3.37. The molecule has 1 N–H and O–H groups in total. The number of nitrogens with one attached hydrogen (secondary N) is 1. The summed E-state index contributed by atoms with van der Waals surface area (Å²) >= 11 is 1.14. The van der Waals surface area contributed by atoms with E-state index in [0.717, 1.165) is 24.0 Å². The summed E-state index contributed by atoms with van der Waals surface area (Å²) in [7, 11) is -3.37. The molecular weight excluding hydrogens is 322 g/mol. The second kappa shape index (κ2) is 7.57. The van der Waals surface area contributed by atoms with Crippen molar-refractivity contribution >= 4 is 27.1 Å².